The molecule has 0 spiro atoms. The lowest BCUT2D eigenvalue weighted by Gasteiger charge is -2.23. The van der Waals surface area contributed by atoms with E-state index in [1.807, 2.05) is 0 Å². The number of piperidine rings is 1. The zero-order valence-corrected chi connectivity index (χ0v) is 24.5. The Morgan fingerprint density at radius 2 is 1.72 bits per heavy atom. The lowest BCUT2D eigenvalue weighted by Crippen LogP contribution is -2.35. The van der Waals surface area contributed by atoms with Crippen LogP contribution >= 0.6 is 0 Å². The zero-order valence-electron chi connectivity index (χ0n) is 24.5. The van der Waals surface area contributed by atoms with Crippen molar-refractivity contribution in [3.05, 3.63) is 83.6 Å². The largest absolute Gasteiger partial charge is 0.493 e. The van der Waals surface area contributed by atoms with E-state index in [4.69, 9.17) is 14.2 Å². The average molecular weight is 645 g/mol. The Labute approximate surface area is 260 Å². The van der Waals surface area contributed by atoms with Gasteiger partial charge < -0.3 is 30.2 Å². The number of carbonyl (C=O) groups is 2. The summed E-state index contributed by atoms with van der Waals surface area (Å²) in [6.45, 7) is 1.87. The fourth-order valence-corrected chi connectivity index (χ4v) is 4.89. The number of anilines is 1. The van der Waals surface area contributed by atoms with Gasteiger partial charge in [-0.05, 0) is 79.9 Å². The Morgan fingerprint density at radius 3 is 2.43 bits per heavy atom. The highest BCUT2D eigenvalue weighted by molar-refractivity contribution is 6.39. The van der Waals surface area contributed by atoms with Crippen LogP contribution in [0.2, 0.25) is 0 Å². The van der Waals surface area contributed by atoms with Crippen LogP contribution in [0.15, 0.2) is 60.8 Å². The van der Waals surface area contributed by atoms with Crippen LogP contribution in [-0.4, -0.2) is 43.6 Å². The minimum absolute atomic E-state index is 0.0908. The lowest BCUT2D eigenvalue weighted by atomic mass is 9.99. The van der Waals surface area contributed by atoms with Crippen LogP contribution in [0.1, 0.15) is 24.0 Å². The van der Waals surface area contributed by atoms with Crippen LogP contribution in [0.3, 0.4) is 0 Å². The van der Waals surface area contributed by atoms with E-state index in [0.29, 0.717) is 47.1 Å². The second-order valence-electron chi connectivity index (χ2n) is 10.6. The maximum atomic E-state index is 15.0. The highest BCUT2D eigenvalue weighted by Crippen LogP contribution is 2.38. The number of nitrogens with zero attached hydrogens (tertiary/aromatic N) is 1. The first-order valence-corrected chi connectivity index (χ1v) is 14.2. The van der Waals surface area contributed by atoms with Gasteiger partial charge in [0.05, 0.1) is 24.8 Å². The van der Waals surface area contributed by atoms with Gasteiger partial charge in [-0.2, -0.15) is 13.2 Å². The summed E-state index contributed by atoms with van der Waals surface area (Å²) in [7, 11) is 1.51. The molecular weight excluding hydrogens is 615 g/mol. The molecule has 1 aliphatic rings. The number of fused-ring (bicyclic) bond motifs is 1. The Balaban J connectivity index is 1.23. The number of amides is 2. The zero-order chi connectivity index (χ0) is 32.8. The van der Waals surface area contributed by atoms with E-state index in [0.717, 1.165) is 38.1 Å². The molecule has 0 saturated carbocycles. The monoisotopic (exact) mass is 644 g/mol. The third-order valence-corrected chi connectivity index (χ3v) is 7.27. The fraction of sp³-hybridized carbons (Fsp3) is 0.281. The molecular formula is C32H29F5N4O5. The molecule has 1 fully saturated rings. The van der Waals surface area contributed by atoms with Gasteiger partial charge in [0.1, 0.15) is 11.6 Å². The number of hydrogen-bond donors (Lipinski definition) is 3. The number of benzene rings is 3. The van der Waals surface area contributed by atoms with Gasteiger partial charge >= 0.3 is 18.0 Å². The number of carbonyl (C=O) groups excluding carboxylic acids is 2. The fourth-order valence-electron chi connectivity index (χ4n) is 4.89. The molecule has 2 amide bonds. The summed E-state index contributed by atoms with van der Waals surface area (Å²) in [6, 6.07) is 10.2. The van der Waals surface area contributed by atoms with E-state index in [1.165, 1.54) is 25.4 Å². The molecule has 3 aromatic carbocycles. The van der Waals surface area contributed by atoms with Gasteiger partial charge in [0.2, 0.25) is 0 Å². The normalized spacial score (nSPS) is 13.7. The quantitative estimate of drug-likeness (QED) is 0.152. The molecule has 1 aliphatic heterocycles. The van der Waals surface area contributed by atoms with Gasteiger partial charge in [-0.15, -0.1) is 0 Å². The van der Waals surface area contributed by atoms with Crippen molar-refractivity contribution in [3.8, 4) is 23.0 Å². The summed E-state index contributed by atoms with van der Waals surface area (Å²) in [6.07, 6.45) is -1.27. The highest BCUT2D eigenvalue weighted by atomic mass is 19.4. The van der Waals surface area contributed by atoms with E-state index in [9.17, 15) is 27.2 Å². The topological polar surface area (TPSA) is 111 Å². The molecule has 0 unspecified atom stereocenters. The van der Waals surface area contributed by atoms with Gasteiger partial charge in [-0.3, -0.25) is 14.6 Å². The van der Waals surface area contributed by atoms with Crippen LogP contribution in [0.25, 0.3) is 10.9 Å². The molecule has 9 nitrogen and oxygen atoms in total. The molecule has 0 aliphatic carbocycles. The van der Waals surface area contributed by atoms with Gasteiger partial charge in [-0.1, -0.05) is 0 Å². The minimum atomic E-state index is -4.79. The van der Waals surface area contributed by atoms with Gasteiger partial charge in [0.25, 0.3) is 0 Å². The molecule has 46 heavy (non-hydrogen) atoms. The first-order chi connectivity index (χ1) is 22.0. The molecule has 5 rings (SSSR count). The maximum absolute atomic E-state index is 15.0. The number of halogens is 5. The predicted molar refractivity (Wildman–Crippen MR) is 158 cm³/mol. The van der Waals surface area contributed by atoms with Crippen molar-refractivity contribution in [1.82, 2.24) is 15.6 Å². The number of rotatable bonds is 9. The molecule has 0 bridgehead atoms. The number of alkyl halides is 3. The third-order valence-electron chi connectivity index (χ3n) is 7.27. The van der Waals surface area contributed by atoms with E-state index >= 15 is 4.39 Å². The summed E-state index contributed by atoms with van der Waals surface area (Å²) < 4.78 is 84.8. The standard InChI is InChI=1S/C32H29F5N4O5/c1-44-28-14-23-25(15-29(28)45-17-18-4-7-38-8-5-18)39-9-6-26(23)46-27-3-2-22(13-24(27)34)41-31(43)30(42)40-16-19-10-20(32(35,36)37)12-21(33)11-19/h2-3,6,9-15,18,38H,4-5,7-8,16-17H2,1H3,(H,40,42)(H,41,43). The second-order valence-corrected chi connectivity index (χ2v) is 10.6. The number of aromatic nitrogens is 1. The molecule has 3 N–H and O–H groups in total. The average Bonchev–Trinajstić information content (AvgIpc) is 3.03. The van der Waals surface area contributed by atoms with Crippen LogP contribution in [0.4, 0.5) is 27.6 Å². The molecule has 14 heteroatoms. The summed E-state index contributed by atoms with van der Waals surface area (Å²) in [5.41, 5.74) is -1.00. The molecule has 242 valence electrons. The molecule has 2 heterocycles. The Kier molecular flexibility index (Phi) is 9.85. The molecule has 1 aromatic heterocycles. The van der Waals surface area contributed by atoms with Gasteiger partial charge in [0.15, 0.2) is 23.1 Å². The Bertz CT molecular complexity index is 1740. The molecule has 0 radical (unpaired) electrons. The maximum Gasteiger partial charge on any atom is 0.416 e. The van der Waals surface area contributed by atoms with Crippen molar-refractivity contribution in [2.24, 2.45) is 5.92 Å². The Morgan fingerprint density at radius 1 is 0.935 bits per heavy atom. The number of ether oxygens (including phenoxy) is 3. The first-order valence-electron chi connectivity index (χ1n) is 14.2. The number of pyridine rings is 1. The van der Waals surface area contributed by atoms with E-state index in [1.54, 1.807) is 18.2 Å². The first kappa shape index (κ1) is 32.4. The van der Waals surface area contributed by atoms with Gasteiger partial charge in [-0.25, -0.2) is 8.78 Å². The van der Waals surface area contributed by atoms with Crippen molar-refractivity contribution in [2.75, 3.05) is 32.1 Å². The summed E-state index contributed by atoms with van der Waals surface area (Å²) in [5.74, 6) is -2.98. The third kappa shape index (κ3) is 7.99. The van der Waals surface area contributed by atoms with E-state index in [-0.39, 0.29) is 22.7 Å². The Hall–Kier alpha value is -4.98. The van der Waals surface area contributed by atoms with Crippen molar-refractivity contribution in [1.29, 1.82) is 0 Å². The lowest BCUT2D eigenvalue weighted by molar-refractivity contribution is -0.137. The number of methoxy groups -OCH3 is 1. The highest BCUT2D eigenvalue weighted by Gasteiger charge is 2.31. The number of nitrogens with one attached hydrogen (secondary N) is 3. The van der Waals surface area contributed by atoms with Crippen LogP contribution in [0.5, 0.6) is 23.0 Å². The van der Waals surface area contributed by atoms with Crippen molar-refractivity contribution in [2.45, 2.75) is 25.6 Å². The van der Waals surface area contributed by atoms with Crippen LogP contribution < -0.4 is 30.2 Å². The molecule has 1 saturated heterocycles. The summed E-state index contributed by atoms with van der Waals surface area (Å²) in [4.78, 5) is 28.9. The number of hydrogen-bond acceptors (Lipinski definition) is 7. The van der Waals surface area contributed by atoms with Crippen molar-refractivity contribution >= 4 is 28.4 Å². The molecule has 0 atom stereocenters. The van der Waals surface area contributed by atoms with Crippen molar-refractivity contribution in [3.63, 3.8) is 0 Å². The molecule has 4 aromatic rings. The summed E-state index contributed by atoms with van der Waals surface area (Å²) >= 11 is 0. The van der Waals surface area contributed by atoms with Gasteiger partial charge in [0, 0.05) is 35.9 Å². The summed E-state index contributed by atoms with van der Waals surface area (Å²) in [5, 5.41) is 8.16. The van der Waals surface area contributed by atoms with E-state index < -0.39 is 41.7 Å². The van der Waals surface area contributed by atoms with Crippen LogP contribution in [0, 0.1) is 17.6 Å². The SMILES string of the molecule is COc1cc2c(Oc3ccc(NC(=O)C(=O)NCc4cc(F)cc(C(F)(F)F)c4)cc3F)ccnc2cc1OCC1CCNCC1. The minimum Gasteiger partial charge on any atom is -0.493 e. The van der Waals surface area contributed by atoms with Crippen LogP contribution in [-0.2, 0) is 22.3 Å². The second kappa shape index (κ2) is 14.0. The smallest absolute Gasteiger partial charge is 0.416 e. The van der Waals surface area contributed by atoms with E-state index in [2.05, 4.69) is 20.9 Å². The predicted octanol–water partition coefficient (Wildman–Crippen LogP) is 5.97. The van der Waals surface area contributed by atoms with Crippen molar-refractivity contribution < 1.29 is 45.8 Å².